The largest absolute Gasteiger partial charge is 0.391 e. The molecule has 2 atom stereocenters. The van der Waals surface area contributed by atoms with Crippen LogP contribution in [0, 0.1) is 0 Å². The minimum absolute atomic E-state index is 0.0877. The number of nitrogens with one attached hydrogen (secondary N) is 1. The third-order valence-corrected chi connectivity index (χ3v) is 4.71. The zero-order chi connectivity index (χ0) is 11.5. The molecule has 1 aliphatic carbocycles. The lowest BCUT2D eigenvalue weighted by atomic mass is 9.92. The van der Waals surface area contributed by atoms with Crippen LogP contribution in [0.1, 0.15) is 35.4 Å². The molecular weight excluding hydrogens is 290 g/mol. The zero-order valence-corrected chi connectivity index (χ0v) is 11.2. The lowest BCUT2D eigenvalue weighted by molar-refractivity contribution is 0.0719. The predicted molar refractivity (Wildman–Crippen MR) is 67.7 cm³/mol. The Hall–Kier alpha value is -0.390. The van der Waals surface area contributed by atoms with Gasteiger partial charge in [0, 0.05) is 4.47 Å². The van der Waals surface area contributed by atoms with Crippen molar-refractivity contribution in [3.63, 3.8) is 0 Å². The molecule has 1 aliphatic rings. The van der Waals surface area contributed by atoms with Crippen LogP contribution in [0.3, 0.4) is 0 Å². The first-order valence-electron chi connectivity index (χ1n) is 5.40. The van der Waals surface area contributed by atoms with E-state index in [9.17, 15) is 9.90 Å². The summed E-state index contributed by atoms with van der Waals surface area (Å²) < 4.78 is 0.820. The van der Waals surface area contributed by atoms with Gasteiger partial charge in [0.05, 0.1) is 12.1 Å². The molecular formula is C11H14BrNO2S. The molecule has 3 nitrogen and oxygen atoms in total. The molecule has 88 valence electrons. The van der Waals surface area contributed by atoms with Gasteiger partial charge in [-0.15, -0.1) is 11.3 Å². The van der Waals surface area contributed by atoms with Crippen LogP contribution in [0.15, 0.2) is 15.9 Å². The third kappa shape index (κ3) is 2.64. The number of hydrogen-bond acceptors (Lipinski definition) is 3. The first kappa shape index (κ1) is 12.1. The van der Waals surface area contributed by atoms with Gasteiger partial charge in [-0.25, -0.2) is 0 Å². The van der Waals surface area contributed by atoms with Crippen LogP contribution < -0.4 is 5.32 Å². The molecule has 1 amide bonds. The van der Waals surface area contributed by atoms with E-state index in [0.717, 1.165) is 30.2 Å². The molecule has 1 fully saturated rings. The van der Waals surface area contributed by atoms with Crippen LogP contribution in [0.4, 0.5) is 0 Å². The van der Waals surface area contributed by atoms with Crippen molar-refractivity contribution >= 4 is 33.2 Å². The van der Waals surface area contributed by atoms with E-state index in [1.807, 2.05) is 11.4 Å². The number of carbonyl (C=O) groups is 1. The van der Waals surface area contributed by atoms with E-state index < -0.39 is 6.10 Å². The number of aliphatic hydroxyl groups is 1. The average molecular weight is 304 g/mol. The Labute approximate surface area is 107 Å². The van der Waals surface area contributed by atoms with E-state index >= 15 is 0 Å². The second kappa shape index (κ2) is 5.29. The van der Waals surface area contributed by atoms with E-state index in [0.29, 0.717) is 4.88 Å². The van der Waals surface area contributed by atoms with Gasteiger partial charge in [0.15, 0.2) is 0 Å². The highest BCUT2D eigenvalue weighted by atomic mass is 79.9. The van der Waals surface area contributed by atoms with Crippen molar-refractivity contribution in [1.82, 2.24) is 5.32 Å². The molecule has 1 saturated carbocycles. The molecule has 0 aliphatic heterocycles. The van der Waals surface area contributed by atoms with Crippen molar-refractivity contribution in [3.05, 3.63) is 20.8 Å². The number of amides is 1. The highest BCUT2D eigenvalue weighted by Gasteiger charge is 2.25. The first-order valence-corrected chi connectivity index (χ1v) is 7.07. The molecule has 2 unspecified atom stereocenters. The van der Waals surface area contributed by atoms with Crippen molar-refractivity contribution < 1.29 is 9.90 Å². The van der Waals surface area contributed by atoms with Gasteiger partial charge < -0.3 is 10.4 Å². The molecule has 1 aromatic heterocycles. The number of hydrogen-bond donors (Lipinski definition) is 2. The van der Waals surface area contributed by atoms with Gasteiger partial charge in [-0.2, -0.15) is 0 Å². The molecule has 16 heavy (non-hydrogen) atoms. The number of aliphatic hydroxyl groups excluding tert-OH is 1. The van der Waals surface area contributed by atoms with Crippen LogP contribution in [-0.4, -0.2) is 23.2 Å². The number of halogens is 1. The van der Waals surface area contributed by atoms with Gasteiger partial charge >= 0.3 is 0 Å². The lowest BCUT2D eigenvalue weighted by Gasteiger charge is -2.28. The van der Waals surface area contributed by atoms with Crippen LogP contribution >= 0.6 is 27.3 Å². The van der Waals surface area contributed by atoms with Gasteiger partial charge in [-0.1, -0.05) is 12.8 Å². The maximum atomic E-state index is 11.9. The summed E-state index contributed by atoms with van der Waals surface area (Å²) in [5, 5.41) is 14.5. The standard InChI is InChI=1S/C11H14BrNO2S/c12-7-5-6-16-10(7)11(15)13-8-3-1-2-4-9(8)14/h5-6,8-9,14H,1-4H2,(H,13,15). The summed E-state index contributed by atoms with van der Waals surface area (Å²) in [6.45, 7) is 0. The van der Waals surface area contributed by atoms with Crippen molar-refractivity contribution in [2.24, 2.45) is 0 Å². The van der Waals surface area contributed by atoms with Gasteiger partial charge in [-0.3, -0.25) is 4.79 Å². The SMILES string of the molecule is O=C(NC1CCCCC1O)c1sccc1Br. The van der Waals surface area contributed by atoms with Gasteiger partial charge in [0.25, 0.3) is 5.91 Å². The summed E-state index contributed by atoms with van der Waals surface area (Å²) in [5.41, 5.74) is 0. The fourth-order valence-electron chi connectivity index (χ4n) is 1.97. The maximum Gasteiger partial charge on any atom is 0.262 e. The van der Waals surface area contributed by atoms with E-state index in [4.69, 9.17) is 0 Å². The number of rotatable bonds is 2. The Morgan fingerprint density at radius 2 is 2.25 bits per heavy atom. The average Bonchev–Trinajstić information content (AvgIpc) is 2.68. The fourth-order valence-corrected chi connectivity index (χ4v) is 3.42. The third-order valence-electron chi connectivity index (χ3n) is 2.87. The Morgan fingerprint density at radius 1 is 1.50 bits per heavy atom. The highest BCUT2D eigenvalue weighted by molar-refractivity contribution is 9.10. The Morgan fingerprint density at radius 3 is 2.88 bits per heavy atom. The van der Waals surface area contributed by atoms with E-state index in [1.54, 1.807) is 0 Å². The first-order chi connectivity index (χ1) is 7.68. The molecule has 0 spiro atoms. The Bertz CT molecular complexity index is 380. The molecule has 0 bridgehead atoms. The molecule has 0 radical (unpaired) electrons. The normalized spacial score (nSPS) is 25.4. The number of thiophene rings is 1. The van der Waals surface area contributed by atoms with Crippen molar-refractivity contribution in [3.8, 4) is 0 Å². The maximum absolute atomic E-state index is 11.9. The van der Waals surface area contributed by atoms with E-state index in [-0.39, 0.29) is 11.9 Å². The minimum Gasteiger partial charge on any atom is -0.391 e. The molecule has 5 heteroatoms. The second-order valence-corrected chi connectivity index (χ2v) is 5.80. The molecule has 0 saturated heterocycles. The molecule has 2 N–H and O–H groups in total. The van der Waals surface area contributed by atoms with Crippen LogP contribution in [0.25, 0.3) is 0 Å². The summed E-state index contributed by atoms with van der Waals surface area (Å²) in [4.78, 5) is 12.6. The molecule has 1 heterocycles. The summed E-state index contributed by atoms with van der Waals surface area (Å²) in [5.74, 6) is -0.0900. The highest BCUT2D eigenvalue weighted by Crippen LogP contribution is 2.24. The summed E-state index contributed by atoms with van der Waals surface area (Å²) >= 11 is 4.74. The van der Waals surface area contributed by atoms with Crippen LogP contribution in [0.5, 0.6) is 0 Å². The van der Waals surface area contributed by atoms with Gasteiger partial charge in [0.2, 0.25) is 0 Å². The monoisotopic (exact) mass is 303 g/mol. The minimum atomic E-state index is -0.392. The molecule has 2 rings (SSSR count). The van der Waals surface area contributed by atoms with Crippen molar-refractivity contribution in [2.75, 3.05) is 0 Å². The Balaban J connectivity index is 1.99. The van der Waals surface area contributed by atoms with Crippen LogP contribution in [-0.2, 0) is 0 Å². The summed E-state index contributed by atoms with van der Waals surface area (Å²) in [6.07, 6.45) is 3.40. The van der Waals surface area contributed by atoms with Crippen molar-refractivity contribution in [2.45, 2.75) is 37.8 Å². The van der Waals surface area contributed by atoms with Gasteiger partial charge in [-0.05, 0) is 40.2 Å². The molecule has 1 aromatic rings. The Kier molecular flexibility index (Phi) is 4.00. The van der Waals surface area contributed by atoms with Gasteiger partial charge in [0.1, 0.15) is 4.88 Å². The van der Waals surface area contributed by atoms with E-state index in [1.165, 1.54) is 11.3 Å². The smallest absolute Gasteiger partial charge is 0.262 e. The number of carbonyl (C=O) groups excluding carboxylic acids is 1. The second-order valence-electron chi connectivity index (χ2n) is 4.03. The zero-order valence-electron chi connectivity index (χ0n) is 8.78. The summed E-state index contributed by atoms with van der Waals surface area (Å²) in [7, 11) is 0. The topological polar surface area (TPSA) is 49.3 Å². The molecule has 0 aromatic carbocycles. The fraction of sp³-hybridized carbons (Fsp3) is 0.545. The van der Waals surface area contributed by atoms with Crippen LogP contribution in [0.2, 0.25) is 0 Å². The quantitative estimate of drug-likeness (QED) is 0.882. The van der Waals surface area contributed by atoms with E-state index in [2.05, 4.69) is 21.2 Å². The lowest BCUT2D eigenvalue weighted by Crippen LogP contribution is -2.44. The predicted octanol–water partition coefficient (Wildman–Crippen LogP) is 2.54. The summed E-state index contributed by atoms with van der Waals surface area (Å²) in [6, 6.07) is 1.77. The van der Waals surface area contributed by atoms with Crippen molar-refractivity contribution in [1.29, 1.82) is 0 Å².